The summed E-state index contributed by atoms with van der Waals surface area (Å²) in [5, 5.41) is 4.58. The lowest BCUT2D eigenvalue weighted by atomic mass is 9.97. The number of carbonyl (C=O) groups is 5. The fraction of sp³-hybridized carbons (Fsp3) is 0.476. The van der Waals surface area contributed by atoms with Crippen LogP contribution in [0.3, 0.4) is 0 Å². The van der Waals surface area contributed by atoms with Crippen molar-refractivity contribution in [2.24, 2.45) is 5.92 Å². The minimum absolute atomic E-state index is 0.181. The van der Waals surface area contributed by atoms with Crippen LogP contribution in [0.15, 0.2) is 24.3 Å². The fourth-order valence-corrected chi connectivity index (χ4v) is 3.09. The van der Waals surface area contributed by atoms with E-state index >= 15 is 0 Å². The largest absolute Gasteiger partial charge is 0.451 e. The van der Waals surface area contributed by atoms with Gasteiger partial charge in [0.15, 0.2) is 6.10 Å². The number of urea groups is 1. The Balaban J connectivity index is 2.17. The molecular weight excluding hydrogens is 390 g/mol. The van der Waals surface area contributed by atoms with E-state index in [0.29, 0.717) is 6.42 Å². The highest BCUT2D eigenvalue weighted by molar-refractivity contribution is 6.22. The van der Waals surface area contributed by atoms with Gasteiger partial charge >= 0.3 is 12.0 Å². The van der Waals surface area contributed by atoms with Gasteiger partial charge < -0.3 is 10.1 Å². The molecule has 30 heavy (non-hydrogen) atoms. The van der Waals surface area contributed by atoms with Gasteiger partial charge in [0.05, 0.1) is 11.1 Å². The molecule has 9 nitrogen and oxygen atoms in total. The zero-order valence-electron chi connectivity index (χ0n) is 17.7. The third-order valence-electron chi connectivity index (χ3n) is 4.85. The topological polar surface area (TPSA) is 122 Å². The molecule has 5 amide bonds. The van der Waals surface area contributed by atoms with Crippen LogP contribution in [0.2, 0.25) is 0 Å². The van der Waals surface area contributed by atoms with Gasteiger partial charge in [-0.2, -0.15) is 0 Å². The predicted octanol–water partition coefficient (Wildman–Crippen LogP) is 1.86. The fourth-order valence-electron chi connectivity index (χ4n) is 3.09. The first-order valence-corrected chi connectivity index (χ1v) is 9.87. The Bertz CT molecular complexity index is 831. The monoisotopic (exact) mass is 417 g/mol. The Labute approximate surface area is 175 Å². The summed E-state index contributed by atoms with van der Waals surface area (Å²) in [7, 11) is 0. The van der Waals surface area contributed by atoms with Crippen LogP contribution >= 0.6 is 0 Å². The van der Waals surface area contributed by atoms with Crippen molar-refractivity contribution in [3.63, 3.8) is 0 Å². The van der Waals surface area contributed by atoms with E-state index in [-0.39, 0.29) is 17.2 Å². The number of benzene rings is 1. The zero-order valence-corrected chi connectivity index (χ0v) is 17.7. The lowest BCUT2D eigenvalue weighted by Crippen LogP contribution is -2.51. The molecule has 0 aliphatic carbocycles. The number of nitrogens with one attached hydrogen (secondary N) is 2. The molecule has 0 saturated heterocycles. The molecule has 1 heterocycles. The van der Waals surface area contributed by atoms with E-state index in [0.717, 1.165) is 4.90 Å². The third kappa shape index (κ3) is 4.84. The van der Waals surface area contributed by atoms with Crippen molar-refractivity contribution in [1.82, 2.24) is 15.5 Å². The number of nitrogens with zero attached hydrogens (tertiary/aromatic N) is 1. The van der Waals surface area contributed by atoms with E-state index in [1.807, 2.05) is 6.92 Å². The molecule has 162 valence electrons. The van der Waals surface area contributed by atoms with E-state index in [2.05, 4.69) is 10.6 Å². The van der Waals surface area contributed by atoms with Crippen molar-refractivity contribution in [1.29, 1.82) is 0 Å². The summed E-state index contributed by atoms with van der Waals surface area (Å²) in [5.41, 5.74) is 0.444. The number of ether oxygens (including phenoxy) is 1. The molecule has 0 aromatic heterocycles. The lowest BCUT2D eigenvalue weighted by molar-refractivity contribution is -0.159. The van der Waals surface area contributed by atoms with Gasteiger partial charge in [-0.05, 0) is 38.8 Å². The van der Waals surface area contributed by atoms with Crippen molar-refractivity contribution in [2.75, 3.05) is 0 Å². The Hall–Kier alpha value is -3.23. The average Bonchev–Trinajstić information content (AvgIpc) is 2.92. The molecule has 2 rings (SSSR count). The summed E-state index contributed by atoms with van der Waals surface area (Å²) in [5.74, 6) is -3.26. The van der Waals surface area contributed by atoms with E-state index in [1.54, 1.807) is 32.9 Å². The number of amides is 5. The molecule has 1 aromatic carbocycles. The Morgan fingerprint density at radius 2 is 1.53 bits per heavy atom. The summed E-state index contributed by atoms with van der Waals surface area (Å²) in [6, 6.07) is 4.24. The number of esters is 1. The average molecular weight is 417 g/mol. The molecule has 2 N–H and O–H groups in total. The van der Waals surface area contributed by atoms with Crippen molar-refractivity contribution in [3.05, 3.63) is 35.4 Å². The molecule has 9 heteroatoms. The summed E-state index contributed by atoms with van der Waals surface area (Å²) >= 11 is 0. The van der Waals surface area contributed by atoms with Gasteiger partial charge in [-0.25, -0.2) is 9.59 Å². The number of carbonyl (C=O) groups excluding carboxylic acids is 5. The van der Waals surface area contributed by atoms with Gasteiger partial charge in [0.1, 0.15) is 6.04 Å². The molecule has 1 aliphatic heterocycles. The second kappa shape index (κ2) is 9.51. The predicted molar refractivity (Wildman–Crippen MR) is 108 cm³/mol. The first-order valence-electron chi connectivity index (χ1n) is 9.87. The van der Waals surface area contributed by atoms with Crippen LogP contribution in [0.4, 0.5) is 4.79 Å². The first kappa shape index (κ1) is 23.1. The summed E-state index contributed by atoms with van der Waals surface area (Å²) in [4.78, 5) is 63.3. The first-order chi connectivity index (χ1) is 14.1. The SMILES string of the molecule is CC[C@H](C)[C@@H](C(=O)O[C@H](C)C(=O)NC(=O)NC(C)C)N1C(=O)c2ccccc2C1=O. The molecule has 0 spiro atoms. The van der Waals surface area contributed by atoms with Gasteiger partial charge in [0, 0.05) is 6.04 Å². The van der Waals surface area contributed by atoms with Gasteiger partial charge in [-0.3, -0.25) is 24.6 Å². The van der Waals surface area contributed by atoms with E-state index in [9.17, 15) is 24.0 Å². The molecule has 1 aromatic rings. The smallest absolute Gasteiger partial charge is 0.330 e. The molecule has 0 fully saturated rings. The Morgan fingerprint density at radius 1 is 1.00 bits per heavy atom. The van der Waals surface area contributed by atoms with Crippen molar-refractivity contribution >= 4 is 29.7 Å². The minimum atomic E-state index is -1.29. The van der Waals surface area contributed by atoms with Gasteiger partial charge in [0.25, 0.3) is 17.7 Å². The van der Waals surface area contributed by atoms with Crippen LogP contribution in [-0.4, -0.2) is 52.8 Å². The molecule has 0 unspecified atom stereocenters. The molecule has 0 bridgehead atoms. The number of fused-ring (bicyclic) bond motifs is 1. The molecule has 0 saturated carbocycles. The van der Waals surface area contributed by atoms with Crippen molar-refractivity contribution in [2.45, 2.75) is 59.2 Å². The summed E-state index contributed by atoms with van der Waals surface area (Å²) in [6.07, 6.45) is -0.804. The van der Waals surface area contributed by atoms with Crippen LogP contribution in [0, 0.1) is 5.92 Å². The molecule has 1 aliphatic rings. The maximum absolute atomic E-state index is 12.9. The van der Waals surface area contributed by atoms with Gasteiger partial charge in [-0.1, -0.05) is 32.4 Å². The van der Waals surface area contributed by atoms with E-state index < -0.39 is 47.8 Å². The highest BCUT2D eigenvalue weighted by atomic mass is 16.5. The number of hydrogen-bond acceptors (Lipinski definition) is 6. The van der Waals surface area contributed by atoms with Crippen LogP contribution < -0.4 is 10.6 Å². The zero-order chi connectivity index (χ0) is 22.6. The van der Waals surface area contributed by atoms with Crippen LogP contribution in [0.1, 0.15) is 61.8 Å². The van der Waals surface area contributed by atoms with Crippen LogP contribution in [0.25, 0.3) is 0 Å². The van der Waals surface area contributed by atoms with E-state index in [1.165, 1.54) is 19.1 Å². The standard InChI is InChI=1S/C21H27N3O6/c1-6-12(4)16(24-18(26)14-9-7-8-10-15(14)19(24)27)20(28)30-13(5)17(25)23-21(29)22-11(2)3/h7-13,16H,6H2,1-5H3,(H2,22,23,25,29)/t12-,13+,16-/m0/s1. The van der Waals surface area contributed by atoms with Crippen molar-refractivity contribution < 1.29 is 28.7 Å². The number of rotatable bonds is 7. The second-order valence-electron chi connectivity index (χ2n) is 7.55. The van der Waals surface area contributed by atoms with Crippen LogP contribution in [-0.2, 0) is 14.3 Å². The number of imide groups is 2. The summed E-state index contributed by atoms with van der Waals surface area (Å²) in [6.45, 7) is 8.30. The minimum Gasteiger partial charge on any atom is -0.451 e. The van der Waals surface area contributed by atoms with Gasteiger partial charge in [0.2, 0.25) is 0 Å². The lowest BCUT2D eigenvalue weighted by Gasteiger charge is -2.29. The molecular formula is C21H27N3O6. The quantitative estimate of drug-likeness (QED) is 0.516. The van der Waals surface area contributed by atoms with E-state index in [4.69, 9.17) is 4.74 Å². The highest BCUT2D eigenvalue weighted by Crippen LogP contribution is 2.28. The van der Waals surface area contributed by atoms with Crippen molar-refractivity contribution in [3.8, 4) is 0 Å². The molecule has 3 atom stereocenters. The Morgan fingerprint density at radius 3 is 2.00 bits per heavy atom. The third-order valence-corrected chi connectivity index (χ3v) is 4.85. The normalized spacial score (nSPS) is 16.0. The van der Waals surface area contributed by atoms with Crippen LogP contribution in [0.5, 0.6) is 0 Å². The number of hydrogen-bond donors (Lipinski definition) is 2. The summed E-state index contributed by atoms with van der Waals surface area (Å²) < 4.78 is 5.23. The molecule has 0 radical (unpaired) electrons. The second-order valence-corrected chi connectivity index (χ2v) is 7.55. The highest BCUT2D eigenvalue weighted by Gasteiger charge is 2.45. The maximum atomic E-state index is 12.9. The van der Waals surface area contributed by atoms with Gasteiger partial charge in [-0.15, -0.1) is 0 Å². The maximum Gasteiger partial charge on any atom is 0.330 e. The Kier molecular flexibility index (Phi) is 7.31.